The number of hydrogen-bond acceptors (Lipinski definition) is 8. The van der Waals surface area contributed by atoms with E-state index in [9.17, 15) is 29.5 Å². The molecular weight excluding hydrogens is 532 g/mol. The van der Waals surface area contributed by atoms with Crippen molar-refractivity contribution in [1.29, 1.82) is 0 Å². The number of carbonyl (C=O) groups is 5. The van der Waals surface area contributed by atoms with E-state index in [0.29, 0.717) is 26.5 Å². The molecule has 0 spiro atoms. The zero-order valence-corrected chi connectivity index (χ0v) is 22.7. The van der Waals surface area contributed by atoms with Gasteiger partial charge in [0.05, 0.1) is 19.3 Å². The van der Waals surface area contributed by atoms with E-state index < -0.39 is 41.7 Å². The number of urea groups is 1. The van der Waals surface area contributed by atoms with Gasteiger partial charge >= 0.3 is 35.7 Å². The van der Waals surface area contributed by atoms with Crippen molar-refractivity contribution in [2.45, 2.75) is 32.9 Å². The minimum Gasteiger partial charge on any atom is -0.463 e. The quantitative estimate of drug-likeness (QED) is 0.0854. The minimum absolute atomic E-state index is 0.0670. The first kappa shape index (κ1) is 30.2. The number of hydrogen-bond donors (Lipinski definition) is 0. The highest BCUT2D eigenvalue weighted by molar-refractivity contribution is 6.62. The predicted molar refractivity (Wildman–Crippen MR) is 144 cm³/mol. The maximum absolute atomic E-state index is 14.0. The van der Waals surface area contributed by atoms with Gasteiger partial charge in [-0.05, 0) is 37.0 Å². The monoisotopic (exact) mass is 560 g/mol. The number of carbonyl (C=O) groups excluding carboxylic acids is 5. The van der Waals surface area contributed by atoms with Crippen LogP contribution in [0.1, 0.15) is 36.6 Å². The van der Waals surface area contributed by atoms with Crippen molar-refractivity contribution in [1.82, 2.24) is 9.80 Å². The predicted octanol–water partition coefficient (Wildman–Crippen LogP) is 3.74. The summed E-state index contributed by atoms with van der Waals surface area (Å²) in [6, 6.07) is 12.5. The summed E-state index contributed by atoms with van der Waals surface area (Å²) in [5.74, 6) is -3.72. The van der Waals surface area contributed by atoms with E-state index in [1.54, 1.807) is 67.6 Å². The van der Waals surface area contributed by atoms with Gasteiger partial charge in [0.2, 0.25) is 0 Å². The average molecular weight is 561 g/mol. The molecule has 0 N–H and O–H groups in total. The first-order valence-corrected chi connectivity index (χ1v) is 12.5. The molecule has 12 nitrogen and oxygen atoms in total. The summed E-state index contributed by atoms with van der Waals surface area (Å²) in [5.41, 5.74) is 9.43. The highest BCUT2D eigenvalue weighted by Gasteiger charge is 2.52. The molecular formula is C29H28N4O8. The van der Waals surface area contributed by atoms with Crippen LogP contribution in [0.5, 0.6) is 0 Å². The third kappa shape index (κ3) is 6.29. The maximum atomic E-state index is 14.0. The molecule has 0 saturated heterocycles. The maximum Gasteiger partial charge on any atom is 0.463 e. The molecule has 2 aromatic carbocycles. The second kappa shape index (κ2) is 13.6. The van der Waals surface area contributed by atoms with E-state index in [1.807, 2.05) is 0 Å². The molecule has 1 aliphatic heterocycles. The lowest BCUT2D eigenvalue weighted by Crippen LogP contribution is -2.57. The van der Waals surface area contributed by atoms with Crippen LogP contribution in [0.4, 0.5) is 9.59 Å². The molecule has 1 aliphatic rings. The summed E-state index contributed by atoms with van der Waals surface area (Å²) in [6.07, 6.45) is 0.659. The molecule has 0 radical (unpaired) electrons. The fraction of sp³-hybridized carbons (Fsp3) is 0.241. The number of amides is 4. The second-order valence-corrected chi connectivity index (χ2v) is 8.59. The minimum atomic E-state index is -1.50. The van der Waals surface area contributed by atoms with Gasteiger partial charge in [-0.25, -0.2) is 24.1 Å². The summed E-state index contributed by atoms with van der Waals surface area (Å²) in [4.78, 5) is 70.4. The third-order valence-corrected chi connectivity index (χ3v) is 6.15. The molecule has 0 fully saturated rings. The molecule has 0 saturated carbocycles. The Balaban J connectivity index is 2.28. The SMILES string of the molecule is C=CCc1ccccc1C1C(C(=O)OCC)=C(C)N(C(=O)OCc2ccccc2)C(=O)N1C(=O)C(=[N+]=[N-])C(=O)OC. The van der Waals surface area contributed by atoms with E-state index in [4.69, 9.17) is 9.47 Å². The van der Waals surface area contributed by atoms with E-state index in [1.165, 1.54) is 6.92 Å². The number of benzene rings is 2. The summed E-state index contributed by atoms with van der Waals surface area (Å²) in [6.45, 7) is 6.33. The Kier molecular flexibility index (Phi) is 10.0. The van der Waals surface area contributed by atoms with Crippen LogP contribution in [0.2, 0.25) is 0 Å². The van der Waals surface area contributed by atoms with Crippen LogP contribution in [-0.4, -0.2) is 64.0 Å². The summed E-state index contributed by atoms with van der Waals surface area (Å²) in [5, 5.41) is 0. The number of methoxy groups -OCH3 is 1. The molecule has 12 heteroatoms. The second-order valence-electron chi connectivity index (χ2n) is 8.59. The molecule has 4 amide bonds. The summed E-state index contributed by atoms with van der Waals surface area (Å²) >= 11 is 0. The Morgan fingerprint density at radius 3 is 2.32 bits per heavy atom. The largest absolute Gasteiger partial charge is 0.463 e. The number of allylic oxidation sites excluding steroid dienone is 2. The molecule has 1 atom stereocenters. The lowest BCUT2D eigenvalue weighted by molar-refractivity contribution is -0.142. The van der Waals surface area contributed by atoms with E-state index in [0.717, 1.165) is 7.11 Å². The topological polar surface area (TPSA) is 156 Å². The fourth-order valence-electron chi connectivity index (χ4n) is 4.30. The van der Waals surface area contributed by atoms with Crippen molar-refractivity contribution in [3.05, 3.63) is 101 Å². The molecule has 1 heterocycles. The van der Waals surface area contributed by atoms with Crippen molar-refractivity contribution in [2.75, 3.05) is 13.7 Å². The number of esters is 2. The molecule has 0 aromatic heterocycles. The van der Waals surface area contributed by atoms with Gasteiger partial charge < -0.3 is 19.7 Å². The fourth-order valence-corrected chi connectivity index (χ4v) is 4.30. The number of ether oxygens (including phenoxy) is 3. The highest BCUT2D eigenvalue weighted by Crippen LogP contribution is 2.40. The third-order valence-electron chi connectivity index (χ3n) is 6.15. The molecule has 0 bridgehead atoms. The Hall–Kier alpha value is -5.35. The molecule has 3 rings (SSSR count). The molecule has 0 aliphatic carbocycles. The summed E-state index contributed by atoms with van der Waals surface area (Å²) < 4.78 is 15.1. The highest BCUT2D eigenvalue weighted by atomic mass is 16.6. The van der Waals surface area contributed by atoms with Gasteiger partial charge in [-0.1, -0.05) is 60.7 Å². The van der Waals surface area contributed by atoms with Crippen LogP contribution in [-0.2, 0) is 41.6 Å². The lowest BCUT2D eigenvalue weighted by atomic mass is 9.88. The Morgan fingerprint density at radius 2 is 1.71 bits per heavy atom. The summed E-state index contributed by atoms with van der Waals surface area (Å²) in [7, 11) is 0.941. The van der Waals surface area contributed by atoms with E-state index in [-0.39, 0.29) is 30.9 Å². The van der Waals surface area contributed by atoms with E-state index >= 15 is 0 Å². The Labute approximate surface area is 236 Å². The van der Waals surface area contributed by atoms with Gasteiger partial charge in [-0.15, -0.1) is 6.58 Å². The Bertz CT molecular complexity index is 1460. The number of nitrogens with zero attached hydrogens (tertiary/aromatic N) is 4. The number of imide groups is 2. The standard InChI is InChI=1S/C29H28N4O8/c1-5-12-20-15-10-11-16-21(20)24-22(26(35)40-6-2)18(3)32(29(38)41-17-19-13-8-7-9-14-19)28(37)33(24)25(34)23(31-30)27(36)39-4/h5,7-11,13-16,24H,1,6,12,17H2,2-4H3. The van der Waals surface area contributed by atoms with Crippen LogP contribution in [0, 0.1) is 0 Å². The lowest BCUT2D eigenvalue weighted by Gasteiger charge is -2.39. The van der Waals surface area contributed by atoms with Crippen molar-refractivity contribution < 1.29 is 43.0 Å². The van der Waals surface area contributed by atoms with Crippen LogP contribution in [0.3, 0.4) is 0 Å². The molecule has 41 heavy (non-hydrogen) atoms. The van der Waals surface area contributed by atoms with Gasteiger partial charge in [-0.3, -0.25) is 4.79 Å². The van der Waals surface area contributed by atoms with Crippen molar-refractivity contribution >= 4 is 35.7 Å². The normalized spacial score (nSPS) is 14.6. The van der Waals surface area contributed by atoms with Crippen LogP contribution < -0.4 is 0 Å². The van der Waals surface area contributed by atoms with Gasteiger partial charge in [0.25, 0.3) is 0 Å². The van der Waals surface area contributed by atoms with Gasteiger partial charge in [0, 0.05) is 5.70 Å². The molecule has 1 unspecified atom stereocenters. The molecule has 2 aromatic rings. The van der Waals surface area contributed by atoms with Gasteiger partial charge in [-0.2, -0.15) is 9.69 Å². The first-order valence-electron chi connectivity index (χ1n) is 12.5. The smallest absolute Gasteiger partial charge is 0.463 e. The van der Waals surface area contributed by atoms with Crippen molar-refractivity contribution in [3.8, 4) is 0 Å². The first-order chi connectivity index (χ1) is 19.7. The van der Waals surface area contributed by atoms with Gasteiger partial charge in [0.15, 0.2) is 0 Å². The van der Waals surface area contributed by atoms with Crippen molar-refractivity contribution in [2.24, 2.45) is 0 Å². The zero-order valence-electron chi connectivity index (χ0n) is 22.7. The van der Waals surface area contributed by atoms with Crippen LogP contribution in [0.15, 0.2) is 78.5 Å². The van der Waals surface area contributed by atoms with Crippen LogP contribution >= 0.6 is 0 Å². The van der Waals surface area contributed by atoms with Gasteiger partial charge in [0.1, 0.15) is 12.6 Å². The van der Waals surface area contributed by atoms with Crippen molar-refractivity contribution in [3.63, 3.8) is 0 Å². The number of rotatable bonds is 9. The van der Waals surface area contributed by atoms with Crippen LogP contribution in [0.25, 0.3) is 5.53 Å². The zero-order chi connectivity index (χ0) is 30.1. The molecule has 212 valence electrons. The van der Waals surface area contributed by atoms with E-state index in [2.05, 4.69) is 16.1 Å². The average Bonchev–Trinajstić information content (AvgIpc) is 2.97. The Morgan fingerprint density at radius 1 is 1.05 bits per heavy atom.